The van der Waals surface area contributed by atoms with Crippen LogP contribution < -0.4 is 20.7 Å². The van der Waals surface area contributed by atoms with Crippen molar-refractivity contribution in [3.63, 3.8) is 0 Å². The van der Waals surface area contributed by atoms with Gasteiger partial charge in [-0.15, -0.1) is 0 Å². The number of benzene rings is 2. The normalized spacial score (nSPS) is 10.8. The van der Waals surface area contributed by atoms with Crippen LogP contribution in [-0.2, 0) is 27.3 Å². The van der Waals surface area contributed by atoms with E-state index in [1.54, 1.807) is 33.9 Å². The zero-order valence-corrected chi connectivity index (χ0v) is 19.0. The van der Waals surface area contributed by atoms with E-state index >= 15 is 0 Å². The monoisotopic (exact) mass is 441 g/mol. The van der Waals surface area contributed by atoms with Crippen molar-refractivity contribution < 1.29 is 23.9 Å². The van der Waals surface area contributed by atoms with Gasteiger partial charge in [0.2, 0.25) is 11.8 Å². The molecule has 0 fully saturated rings. The van der Waals surface area contributed by atoms with Gasteiger partial charge in [-0.1, -0.05) is 24.3 Å². The van der Waals surface area contributed by atoms with Gasteiger partial charge in [-0.2, -0.15) is 0 Å². The average molecular weight is 442 g/mol. The first-order valence-corrected chi connectivity index (χ1v) is 10.4. The molecule has 0 spiro atoms. The van der Waals surface area contributed by atoms with Crippen LogP contribution >= 0.6 is 0 Å². The van der Waals surface area contributed by atoms with E-state index in [9.17, 15) is 14.4 Å². The number of carbonyl (C=O) groups is 3. The summed E-state index contributed by atoms with van der Waals surface area (Å²) in [4.78, 5) is 36.0. The molecule has 2 aromatic carbocycles. The standard InChI is InChI=1S/C24H31N3O5/c1-24(2,3)32-23(30)25-12-11-21(28)26-16-18-8-5-9-19(13-18)27-22(29)15-17-7-6-10-20(14-17)31-4/h5-10,13-14H,11-12,15-16H2,1-4H3,(H,25,30)(H,26,28)(H,27,29). The molecule has 0 atom stereocenters. The van der Waals surface area contributed by atoms with Crippen LogP contribution in [0, 0.1) is 0 Å². The van der Waals surface area contributed by atoms with Crippen LogP contribution in [0.3, 0.4) is 0 Å². The highest BCUT2D eigenvalue weighted by molar-refractivity contribution is 5.92. The Balaban J connectivity index is 1.77. The summed E-state index contributed by atoms with van der Waals surface area (Å²) >= 11 is 0. The number of nitrogens with one attached hydrogen (secondary N) is 3. The fraction of sp³-hybridized carbons (Fsp3) is 0.375. The molecule has 172 valence electrons. The first-order valence-electron chi connectivity index (χ1n) is 10.4. The maximum atomic E-state index is 12.4. The molecule has 2 rings (SSSR count). The molecule has 0 aliphatic rings. The molecular weight excluding hydrogens is 410 g/mol. The summed E-state index contributed by atoms with van der Waals surface area (Å²) in [6.07, 6.45) is -0.193. The number of amides is 3. The molecule has 0 aromatic heterocycles. The third-order valence-corrected chi connectivity index (χ3v) is 4.22. The number of anilines is 1. The van der Waals surface area contributed by atoms with Crippen LogP contribution in [-0.4, -0.2) is 37.2 Å². The molecule has 32 heavy (non-hydrogen) atoms. The zero-order valence-electron chi connectivity index (χ0n) is 19.0. The van der Waals surface area contributed by atoms with Crippen molar-refractivity contribution >= 4 is 23.6 Å². The topological polar surface area (TPSA) is 106 Å². The number of rotatable bonds is 9. The van der Waals surface area contributed by atoms with Crippen LogP contribution in [0.25, 0.3) is 0 Å². The second-order valence-corrected chi connectivity index (χ2v) is 8.23. The Morgan fingerprint density at radius 3 is 2.34 bits per heavy atom. The van der Waals surface area contributed by atoms with Crippen molar-refractivity contribution in [3.8, 4) is 5.75 Å². The SMILES string of the molecule is COc1cccc(CC(=O)Nc2cccc(CNC(=O)CCNC(=O)OC(C)(C)C)c2)c1. The second kappa shape index (κ2) is 11.7. The lowest BCUT2D eigenvalue weighted by atomic mass is 10.1. The van der Waals surface area contributed by atoms with Crippen molar-refractivity contribution in [2.24, 2.45) is 0 Å². The molecule has 0 saturated carbocycles. The smallest absolute Gasteiger partial charge is 0.407 e. The lowest BCUT2D eigenvalue weighted by Crippen LogP contribution is -2.35. The van der Waals surface area contributed by atoms with Gasteiger partial charge in [0.25, 0.3) is 0 Å². The second-order valence-electron chi connectivity index (χ2n) is 8.23. The highest BCUT2D eigenvalue weighted by Gasteiger charge is 2.15. The van der Waals surface area contributed by atoms with Gasteiger partial charge in [-0.3, -0.25) is 9.59 Å². The van der Waals surface area contributed by atoms with E-state index in [2.05, 4.69) is 16.0 Å². The molecule has 0 saturated heterocycles. The number of alkyl carbamates (subject to hydrolysis) is 1. The Kier molecular flexibility index (Phi) is 9.07. The van der Waals surface area contributed by atoms with Gasteiger partial charge >= 0.3 is 6.09 Å². The quantitative estimate of drug-likeness (QED) is 0.553. The van der Waals surface area contributed by atoms with E-state index in [-0.39, 0.29) is 31.2 Å². The van der Waals surface area contributed by atoms with Crippen molar-refractivity contribution in [2.75, 3.05) is 19.0 Å². The van der Waals surface area contributed by atoms with Crippen LogP contribution in [0.2, 0.25) is 0 Å². The Hall–Kier alpha value is -3.55. The molecule has 8 heteroatoms. The van der Waals surface area contributed by atoms with E-state index in [0.717, 1.165) is 11.1 Å². The molecule has 8 nitrogen and oxygen atoms in total. The average Bonchev–Trinajstić information content (AvgIpc) is 2.71. The van der Waals surface area contributed by atoms with E-state index in [1.807, 2.05) is 42.5 Å². The zero-order chi connectivity index (χ0) is 23.6. The van der Waals surface area contributed by atoms with Gasteiger partial charge in [0.15, 0.2) is 0 Å². The van der Waals surface area contributed by atoms with Crippen molar-refractivity contribution in [3.05, 3.63) is 59.7 Å². The minimum absolute atomic E-state index is 0.135. The number of carbonyl (C=O) groups excluding carboxylic acids is 3. The fourth-order valence-corrected chi connectivity index (χ4v) is 2.81. The Labute approximate surface area is 188 Å². The lowest BCUT2D eigenvalue weighted by Gasteiger charge is -2.19. The van der Waals surface area contributed by atoms with Crippen molar-refractivity contribution in [1.29, 1.82) is 0 Å². The third-order valence-electron chi connectivity index (χ3n) is 4.22. The summed E-state index contributed by atoms with van der Waals surface area (Å²) < 4.78 is 10.3. The number of hydrogen-bond donors (Lipinski definition) is 3. The summed E-state index contributed by atoms with van der Waals surface area (Å²) in [5.41, 5.74) is 1.76. The molecule has 0 aliphatic heterocycles. The molecule has 0 unspecified atom stereocenters. The largest absolute Gasteiger partial charge is 0.497 e. The summed E-state index contributed by atoms with van der Waals surface area (Å²) in [6.45, 7) is 5.81. The van der Waals surface area contributed by atoms with E-state index in [1.165, 1.54) is 0 Å². The molecule has 0 bridgehead atoms. The summed E-state index contributed by atoms with van der Waals surface area (Å²) in [5, 5.41) is 8.21. The van der Waals surface area contributed by atoms with E-state index in [4.69, 9.17) is 9.47 Å². The summed E-state index contributed by atoms with van der Waals surface area (Å²) in [6, 6.07) is 14.6. The van der Waals surface area contributed by atoms with Crippen LogP contribution in [0.15, 0.2) is 48.5 Å². The molecule has 0 aliphatic carbocycles. The number of methoxy groups -OCH3 is 1. The molecule has 0 radical (unpaired) electrons. The van der Waals surface area contributed by atoms with Gasteiger partial charge in [-0.25, -0.2) is 4.79 Å². The third kappa shape index (κ3) is 9.51. The molecule has 0 heterocycles. The van der Waals surface area contributed by atoms with Gasteiger partial charge in [0.05, 0.1) is 13.5 Å². The predicted molar refractivity (Wildman–Crippen MR) is 122 cm³/mol. The highest BCUT2D eigenvalue weighted by Crippen LogP contribution is 2.15. The molecule has 3 amide bonds. The van der Waals surface area contributed by atoms with E-state index < -0.39 is 11.7 Å². The predicted octanol–water partition coefficient (Wildman–Crippen LogP) is 3.41. The molecular formula is C24H31N3O5. The van der Waals surface area contributed by atoms with Gasteiger partial charge in [-0.05, 0) is 56.2 Å². The van der Waals surface area contributed by atoms with E-state index in [0.29, 0.717) is 18.0 Å². The molecule has 2 aromatic rings. The van der Waals surface area contributed by atoms with Crippen LogP contribution in [0.4, 0.5) is 10.5 Å². The minimum Gasteiger partial charge on any atom is -0.497 e. The number of ether oxygens (including phenoxy) is 2. The highest BCUT2D eigenvalue weighted by atomic mass is 16.6. The van der Waals surface area contributed by atoms with Gasteiger partial charge in [0, 0.05) is 25.2 Å². The Morgan fingerprint density at radius 1 is 0.906 bits per heavy atom. The fourth-order valence-electron chi connectivity index (χ4n) is 2.81. The Bertz CT molecular complexity index is 937. The minimum atomic E-state index is -0.583. The van der Waals surface area contributed by atoms with Gasteiger partial charge in [0.1, 0.15) is 11.4 Å². The van der Waals surface area contributed by atoms with Crippen LogP contribution in [0.1, 0.15) is 38.3 Å². The first-order chi connectivity index (χ1) is 15.1. The Morgan fingerprint density at radius 2 is 1.62 bits per heavy atom. The van der Waals surface area contributed by atoms with Crippen LogP contribution in [0.5, 0.6) is 5.75 Å². The maximum Gasteiger partial charge on any atom is 0.407 e. The lowest BCUT2D eigenvalue weighted by molar-refractivity contribution is -0.121. The maximum absolute atomic E-state index is 12.4. The van der Waals surface area contributed by atoms with Crippen molar-refractivity contribution in [1.82, 2.24) is 10.6 Å². The molecule has 3 N–H and O–H groups in total. The van der Waals surface area contributed by atoms with Crippen molar-refractivity contribution in [2.45, 2.75) is 45.8 Å². The number of hydrogen-bond acceptors (Lipinski definition) is 5. The summed E-state index contributed by atoms with van der Waals surface area (Å²) in [5.74, 6) is 0.357. The van der Waals surface area contributed by atoms with Gasteiger partial charge < -0.3 is 25.4 Å². The summed E-state index contributed by atoms with van der Waals surface area (Å²) in [7, 11) is 1.58. The first kappa shape index (κ1) is 24.7.